The summed E-state index contributed by atoms with van der Waals surface area (Å²) in [6, 6.07) is 0. The number of hydrogen-bond donors (Lipinski definition) is 1. The third-order valence-corrected chi connectivity index (χ3v) is 4.66. The van der Waals surface area contributed by atoms with E-state index < -0.39 is 0 Å². The molecule has 16 heavy (non-hydrogen) atoms. The van der Waals surface area contributed by atoms with Crippen molar-refractivity contribution in [1.82, 2.24) is 5.32 Å². The average molecular weight is 223 g/mol. The monoisotopic (exact) mass is 223 g/mol. The van der Waals surface area contributed by atoms with Crippen LogP contribution in [-0.2, 0) is 0 Å². The van der Waals surface area contributed by atoms with Crippen molar-refractivity contribution in [3.05, 3.63) is 0 Å². The van der Waals surface area contributed by atoms with Crippen molar-refractivity contribution < 1.29 is 0 Å². The maximum atomic E-state index is 3.66. The fraction of sp³-hybridized carbons (Fsp3) is 1.00. The van der Waals surface area contributed by atoms with Gasteiger partial charge in [0.25, 0.3) is 0 Å². The first-order valence-corrected chi connectivity index (χ1v) is 7.66. The normalized spacial score (nSPS) is 34.5. The molecular formula is C15H29N. The van der Waals surface area contributed by atoms with Gasteiger partial charge in [0.15, 0.2) is 0 Å². The van der Waals surface area contributed by atoms with Crippen LogP contribution in [-0.4, -0.2) is 13.1 Å². The first-order valence-electron chi connectivity index (χ1n) is 7.66. The van der Waals surface area contributed by atoms with Crippen molar-refractivity contribution in [3.63, 3.8) is 0 Å². The van der Waals surface area contributed by atoms with Crippen molar-refractivity contribution in [1.29, 1.82) is 0 Å². The van der Waals surface area contributed by atoms with Gasteiger partial charge in [0.2, 0.25) is 0 Å². The summed E-state index contributed by atoms with van der Waals surface area (Å²) < 4.78 is 0. The summed E-state index contributed by atoms with van der Waals surface area (Å²) in [5.41, 5.74) is 0. The lowest BCUT2D eigenvalue weighted by molar-refractivity contribution is 0.371. The molecular weight excluding hydrogens is 194 g/mol. The minimum atomic E-state index is 1.03. The molecule has 0 amide bonds. The summed E-state index contributed by atoms with van der Waals surface area (Å²) in [4.78, 5) is 0. The molecule has 1 unspecified atom stereocenters. The van der Waals surface area contributed by atoms with E-state index in [2.05, 4.69) is 5.32 Å². The van der Waals surface area contributed by atoms with Gasteiger partial charge >= 0.3 is 0 Å². The Hall–Kier alpha value is -0.0400. The minimum Gasteiger partial charge on any atom is -0.317 e. The van der Waals surface area contributed by atoms with Crippen molar-refractivity contribution in [2.45, 2.75) is 70.6 Å². The van der Waals surface area contributed by atoms with Crippen LogP contribution in [0.15, 0.2) is 0 Å². The van der Waals surface area contributed by atoms with Gasteiger partial charge in [-0.1, -0.05) is 57.8 Å². The fourth-order valence-corrected chi connectivity index (χ4v) is 3.51. The van der Waals surface area contributed by atoms with Crippen LogP contribution in [0.2, 0.25) is 0 Å². The van der Waals surface area contributed by atoms with E-state index in [-0.39, 0.29) is 0 Å². The summed E-state index contributed by atoms with van der Waals surface area (Å²) in [6.45, 7) is 2.55. The maximum absolute atomic E-state index is 3.66. The summed E-state index contributed by atoms with van der Waals surface area (Å²) in [5, 5.41) is 3.66. The van der Waals surface area contributed by atoms with E-state index >= 15 is 0 Å². The molecule has 0 radical (unpaired) electrons. The van der Waals surface area contributed by atoms with E-state index in [0.717, 1.165) is 11.8 Å². The molecule has 0 spiro atoms. The van der Waals surface area contributed by atoms with Gasteiger partial charge in [-0.25, -0.2) is 0 Å². The Morgan fingerprint density at radius 1 is 0.500 bits per heavy atom. The SMILES string of the molecule is C1CCC2CCCC[C@@H](CC1)CCNCC2. The minimum absolute atomic E-state index is 1.03. The van der Waals surface area contributed by atoms with Crippen LogP contribution in [0, 0.1) is 11.8 Å². The molecule has 1 N–H and O–H groups in total. The second-order valence-corrected chi connectivity index (χ2v) is 5.98. The van der Waals surface area contributed by atoms with Gasteiger partial charge in [-0.05, 0) is 37.8 Å². The molecule has 1 heterocycles. The third-order valence-electron chi connectivity index (χ3n) is 4.66. The van der Waals surface area contributed by atoms with Crippen molar-refractivity contribution >= 4 is 0 Å². The highest BCUT2D eigenvalue weighted by molar-refractivity contribution is 4.69. The molecule has 2 atom stereocenters. The molecule has 2 fully saturated rings. The largest absolute Gasteiger partial charge is 0.317 e. The van der Waals surface area contributed by atoms with Gasteiger partial charge in [-0.3, -0.25) is 0 Å². The summed E-state index contributed by atoms with van der Waals surface area (Å²) in [7, 11) is 0. The molecule has 1 nitrogen and oxygen atoms in total. The van der Waals surface area contributed by atoms with Crippen LogP contribution in [0.4, 0.5) is 0 Å². The molecule has 2 aliphatic rings. The number of fused-ring (bicyclic) bond motifs is 5. The first kappa shape index (κ1) is 12.4. The quantitative estimate of drug-likeness (QED) is 0.651. The van der Waals surface area contributed by atoms with Crippen molar-refractivity contribution in [2.75, 3.05) is 13.1 Å². The lowest BCUT2D eigenvalue weighted by Crippen LogP contribution is -2.21. The standard InChI is InChI=1S/C15H29N/c1-2-6-14-8-4-5-9-15(7-3-1)11-13-16-12-10-14/h14-16H,1-13H2/t14-,15?/m1/s1. The molecule has 1 aliphatic heterocycles. The maximum Gasteiger partial charge on any atom is -0.00463 e. The second kappa shape index (κ2) is 7.32. The lowest BCUT2D eigenvalue weighted by Gasteiger charge is -2.18. The number of nitrogens with one attached hydrogen (secondary N) is 1. The van der Waals surface area contributed by atoms with E-state index in [4.69, 9.17) is 0 Å². The van der Waals surface area contributed by atoms with Crippen LogP contribution in [0.3, 0.4) is 0 Å². The average Bonchev–Trinajstić information content (AvgIpc) is 2.36. The zero-order chi connectivity index (χ0) is 11.1. The van der Waals surface area contributed by atoms with Gasteiger partial charge in [0.1, 0.15) is 0 Å². The predicted octanol–water partition coefficient (Wildman–Crippen LogP) is 4.13. The Labute approximate surface area is 101 Å². The fourth-order valence-electron chi connectivity index (χ4n) is 3.51. The lowest BCUT2D eigenvalue weighted by atomic mass is 9.92. The predicted molar refractivity (Wildman–Crippen MR) is 70.6 cm³/mol. The van der Waals surface area contributed by atoms with Crippen LogP contribution < -0.4 is 5.32 Å². The molecule has 1 saturated carbocycles. The van der Waals surface area contributed by atoms with Gasteiger partial charge in [0, 0.05) is 0 Å². The van der Waals surface area contributed by atoms with E-state index in [9.17, 15) is 0 Å². The summed E-state index contributed by atoms with van der Waals surface area (Å²) >= 11 is 0. The Kier molecular flexibility index (Phi) is 5.68. The number of hydrogen-bond acceptors (Lipinski definition) is 1. The van der Waals surface area contributed by atoms with Crippen LogP contribution in [0.1, 0.15) is 70.6 Å². The molecule has 0 aromatic heterocycles. The van der Waals surface area contributed by atoms with E-state index in [1.165, 1.54) is 83.7 Å². The zero-order valence-electron chi connectivity index (χ0n) is 10.8. The summed E-state index contributed by atoms with van der Waals surface area (Å²) in [5.74, 6) is 2.06. The molecule has 1 saturated heterocycles. The molecule has 1 aliphatic carbocycles. The van der Waals surface area contributed by atoms with Crippen LogP contribution in [0.25, 0.3) is 0 Å². The highest BCUT2D eigenvalue weighted by Crippen LogP contribution is 2.27. The van der Waals surface area contributed by atoms with E-state index in [1.54, 1.807) is 0 Å². The Bertz CT molecular complexity index is 146. The van der Waals surface area contributed by atoms with Gasteiger partial charge in [0.05, 0.1) is 0 Å². The highest BCUT2D eigenvalue weighted by Gasteiger charge is 2.14. The Balaban J connectivity index is 1.92. The van der Waals surface area contributed by atoms with Crippen LogP contribution in [0.5, 0.6) is 0 Å². The Morgan fingerprint density at radius 3 is 1.44 bits per heavy atom. The molecule has 2 rings (SSSR count). The van der Waals surface area contributed by atoms with E-state index in [1.807, 2.05) is 0 Å². The first-order chi connectivity index (χ1) is 7.95. The van der Waals surface area contributed by atoms with Gasteiger partial charge < -0.3 is 5.32 Å². The van der Waals surface area contributed by atoms with Crippen LogP contribution >= 0.6 is 0 Å². The molecule has 1 heteroatoms. The smallest absolute Gasteiger partial charge is 0.00463 e. The van der Waals surface area contributed by atoms with Crippen molar-refractivity contribution in [3.8, 4) is 0 Å². The van der Waals surface area contributed by atoms with Gasteiger partial charge in [-0.15, -0.1) is 0 Å². The summed E-state index contributed by atoms with van der Waals surface area (Å²) in [6.07, 6.45) is 16.4. The second-order valence-electron chi connectivity index (χ2n) is 5.98. The molecule has 0 aromatic rings. The Morgan fingerprint density at radius 2 is 0.938 bits per heavy atom. The molecule has 0 aromatic carbocycles. The third kappa shape index (κ3) is 4.45. The molecule has 2 bridgehead atoms. The highest BCUT2D eigenvalue weighted by atomic mass is 14.8. The number of rotatable bonds is 0. The topological polar surface area (TPSA) is 12.0 Å². The van der Waals surface area contributed by atoms with Gasteiger partial charge in [-0.2, -0.15) is 0 Å². The zero-order valence-corrected chi connectivity index (χ0v) is 10.8. The van der Waals surface area contributed by atoms with E-state index in [0.29, 0.717) is 0 Å². The molecule has 94 valence electrons. The van der Waals surface area contributed by atoms with Crippen molar-refractivity contribution in [2.24, 2.45) is 11.8 Å².